The zero-order chi connectivity index (χ0) is 20.0. The van der Waals surface area contributed by atoms with Crippen molar-refractivity contribution in [1.82, 2.24) is 4.90 Å². The van der Waals surface area contributed by atoms with Crippen molar-refractivity contribution in [3.63, 3.8) is 0 Å². The standard InChI is InChI=1S/C21H28N2O4/c1-14-11-19(26-5)20(27-6)12-16(14)13-23(3)15(2)21(24)22-17-9-7-8-10-18(17)25-4/h7-12,15H,13H2,1-6H3,(H,22,24)/t15-/m1/s1. The van der Waals surface area contributed by atoms with Crippen LogP contribution in [-0.4, -0.2) is 45.2 Å². The van der Waals surface area contributed by atoms with E-state index in [1.54, 1.807) is 21.3 Å². The van der Waals surface area contributed by atoms with Gasteiger partial charge in [0.15, 0.2) is 11.5 Å². The van der Waals surface area contributed by atoms with Crippen molar-refractivity contribution >= 4 is 11.6 Å². The lowest BCUT2D eigenvalue weighted by atomic mass is 10.1. The van der Waals surface area contributed by atoms with E-state index in [0.717, 1.165) is 11.1 Å². The molecule has 0 heterocycles. The molecule has 0 bridgehead atoms. The number of para-hydroxylation sites is 2. The number of anilines is 1. The molecule has 1 atom stereocenters. The predicted molar refractivity (Wildman–Crippen MR) is 107 cm³/mol. The van der Waals surface area contributed by atoms with Crippen LogP contribution in [0.4, 0.5) is 5.69 Å². The molecule has 0 aliphatic carbocycles. The van der Waals surface area contributed by atoms with Gasteiger partial charge in [-0.25, -0.2) is 0 Å². The van der Waals surface area contributed by atoms with Gasteiger partial charge >= 0.3 is 0 Å². The van der Waals surface area contributed by atoms with Crippen LogP contribution in [0.15, 0.2) is 36.4 Å². The zero-order valence-electron chi connectivity index (χ0n) is 16.8. The van der Waals surface area contributed by atoms with Gasteiger partial charge in [-0.3, -0.25) is 9.69 Å². The van der Waals surface area contributed by atoms with Gasteiger partial charge < -0.3 is 19.5 Å². The number of methoxy groups -OCH3 is 3. The van der Waals surface area contributed by atoms with Gasteiger partial charge in [-0.15, -0.1) is 0 Å². The van der Waals surface area contributed by atoms with Gasteiger partial charge in [0, 0.05) is 6.54 Å². The molecule has 2 rings (SSSR count). The van der Waals surface area contributed by atoms with Crippen LogP contribution in [0.25, 0.3) is 0 Å². The van der Waals surface area contributed by atoms with Crippen molar-refractivity contribution in [2.75, 3.05) is 33.7 Å². The highest BCUT2D eigenvalue weighted by Gasteiger charge is 2.20. The summed E-state index contributed by atoms with van der Waals surface area (Å²) >= 11 is 0. The summed E-state index contributed by atoms with van der Waals surface area (Å²) in [7, 11) is 6.74. The molecule has 0 aromatic heterocycles. The molecule has 0 saturated carbocycles. The quantitative estimate of drug-likeness (QED) is 0.769. The van der Waals surface area contributed by atoms with Gasteiger partial charge in [0.05, 0.1) is 33.1 Å². The molecule has 6 heteroatoms. The van der Waals surface area contributed by atoms with Crippen molar-refractivity contribution in [2.24, 2.45) is 0 Å². The van der Waals surface area contributed by atoms with Crippen molar-refractivity contribution in [3.8, 4) is 17.2 Å². The Balaban J connectivity index is 2.11. The van der Waals surface area contributed by atoms with E-state index in [9.17, 15) is 4.79 Å². The van der Waals surface area contributed by atoms with Crippen LogP contribution in [0.5, 0.6) is 17.2 Å². The Morgan fingerprint density at radius 2 is 1.63 bits per heavy atom. The molecule has 0 spiro atoms. The van der Waals surface area contributed by atoms with Crippen LogP contribution in [-0.2, 0) is 11.3 Å². The Morgan fingerprint density at radius 3 is 2.26 bits per heavy atom. The number of nitrogens with one attached hydrogen (secondary N) is 1. The Bertz CT molecular complexity index is 792. The highest BCUT2D eigenvalue weighted by Crippen LogP contribution is 2.31. The number of hydrogen-bond acceptors (Lipinski definition) is 5. The van der Waals surface area contributed by atoms with E-state index in [2.05, 4.69) is 5.32 Å². The molecule has 0 fully saturated rings. The molecule has 0 unspecified atom stereocenters. The van der Waals surface area contributed by atoms with E-state index < -0.39 is 0 Å². The van der Waals surface area contributed by atoms with Gasteiger partial charge in [-0.05, 0) is 56.3 Å². The summed E-state index contributed by atoms with van der Waals surface area (Å²) in [5.41, 5.74) is 2.82. The lowest BCUT2D eigenvalue weighted by Gasteiger charge is -2.25. The van der Waals surface area contributed by atoms with E-state index in [0.29, 0.717) is 29.5 Å². The van der Waals surface area contributed by atoms with E-state index in [-0.39, 0.29) is 11.9 Å². The van der Waals surface area contributed by atoms with Gasteiger partial charge in [0.2, 0.25) is 5.91 Å². The Kier molecular flexibility index (Phi) is 7.07. The first-order valence-corrected chi connectivity index (χ1v) is 8.76. The third kappa shape index (κ3) is 4.92. The van der Waals surface area contributed by atoms with Crippen LogP contribution in [0.1, 0.15) is 18.1 Å². The molecule has 1 N–H and O–H groups in total. The van der Waals surface area contributed by atoms with Crippen LogP contribution < -0.4 is 19.5 Å². The second kappa shape index (κ2) is 9.28. The molecule has 6 nitrogen and oxygen atoms in total. The van der Waals surface area contributed by atoms with Gasteiger partial charge in [0.1, 0.15) is 5.75 Å². The minimum absolute atomic E-state index is 0.0971. The van der Waals surface area contributed by atoms with Crippen LogP contribution in [0.2, 0.25) is 0 Å². The topological polar surface area (TPSA) is 60.0 Å². The third-order valence-electron chi connectivity index (χ3n) is 4.67. The highest BCUT2D eigenvalue weighted by molar-refractivity contribution is 5.95. The Morgan fingerprint density at radius 1 is 1.04 bits per heavy atom. The average Bonchev–Trinajstić information content (AvgIpc) is 2.68. The van der Waals surface area contributed by atoms with Gasteiger partial charge in [0.25, 0.3) is 0 Å². The molecule has 1 amide bonds. The second-order valence-electron chi connectivity index (χ2n) is 6.41. The summed E-state index contributed by atoms with van der Waals surface area (Å²) in [4.78, 5) is 14.7. The molecule has 0 aliphatic rings. The monoisotopic (exact) mass is 372 g/mol. The van der Waals surface area contributed by atoms with Gasteiger partial charge in [-0.1, -0.05) is 12.1 Å². The summed E-state index contributed by atoms with van der Waals surface area (Å²) in [5, 5.41) is 2.93. The van der Waals surface area contributed by atoms with E-state index in [1.165, 1.54) is 0 Å². The van der Waals surface area contributed by atoms with Crippen LogP contribution in [0.3, 0.4) is 0 Å². The number of carbonyl (C=O) groups excluding carboxylic acids is 1. The summed E-state index contributed by atoms with van der Waals surface area (Å²) in [5.74, 6) is 1.91. The molecule has 2 aromatic carbocycles. The minimum Gasteiger partial charge on any atom is -0.495 e. The van der Waals surface area contributed by atoms with Crippen molar-refractivity contribution < 1.29 is 19.0 Å². The summed E-state index contributed by atoms with van der Waals surface area (Å²) in [6.45, 7) is 4.50. The molecule has 2 aromatic rings. The number of rotatable bonds is 8. The fourth-order valence-electron chi connectivity index (χ4n) is 2.78. The fraction of sp³-hybridized carbons (Fsp3) is 0.381. The number of likely N-dealkylation sites (N-methyl/N-ethyl adjacent to an activating group) is 1. The number of hydrogen-bond donors (Lipinski definition) is 1. The molecular formula is C21H28N2O4. The first-order valence-electron chi connectivity index (χ1n) is 8.76. The lowest BCUT2D eigenvalue weighted by Crippen LogP contribution is -2.39. The Labute approximate surface area is 161 Å². The maximum Gasteiger partial charge on any atom is 0.241 e. The summed E-state index contributed by atoms with van der Waals surface area (Å²) in [6.07, 6.45) is 0. The average molecular weight is 372 g/mol. The molecule has 27 heavy (non-hydrogen) atoms. The molecule has 0 radical (unpaired) electrons. The fourth-order valence-corrected chi connectivity index (χ4v) is 2.78. The number of carbonyl (C=O) groups is 1. The SMILES string of the molecule is COc1ccccc1NC(=O)[C@@H](C)N(C)Cc1cc(OC)c(OC)cc1C. The smallest absolute Gasteiger partial charge is 0.241 e. The van der Waals surface area contributed by atoms with Crippen LogP contribution in [0, 0.1) is 6.92 Å². The number of amides is 1. The number of ether oxygens (including phenoxy) is 3. The van der Waals surface area contributed by atoms with Gasteiger partial charge in [-0.2, -0.15) is 0 Å². The maximum absolute atomic E-state index is 12.7. The minimum atomic E-state index is -0.331. The van der Waals surface area contributed by atoms with Crippen molar-refractivity contribution in [2.45, 2.75) is 26.4 Å². The summed E-state index contributed by atoms with van der Waals surface area (Å²) in [6, 6.07) is 10.9. The van der Waals surface area contributed by atoms with Crippen molar-refractivity contribution in [3.05, 3.63) is 47.5 Å². The highest BCUT2D eigenvalue weighted by atomic mass is 16.5. The van der Waals surface area contributed by atoms with Crippen molar-refractivity contribution in [1.29, 1.82) is 0 Å². The Hall–Kier alpha value is -2.73. The number of aryl methyl sites for hydroxylation is 1. The first kappa shape index (κ1) is 20.6. The molecule has 0 aliphatic heterocycles. The number of benzene rings is 2. The maximum atomic E-state index is 12.7. The molecule has 146 valence electrons. The lowest BCUT2D eigenvalue weighted by molar-refractivity contribution is -0.120. The largest absolute Gasteiger partial charge is 0.495 e. The van der Waals surface area contributed by atoms with E-state index in [1.807, 2.05) is 62.2 Å². The zero-order valence-corrected chi connectivity index (χ0v) is 16.8. The molecule has 0 saturated heterocycles. The molecular weight excluding hydrogens is 344 g/mol. The predicted octanol–water partition coefficient (Wildman–Crippen LogP) is 3.48. The number of nitrogens with zero attached hydrogens (tertiary/aromatic N) is 1. The van der Waals surface area contributed by atoms with E-state index >= 15 is 0 Å². The normalized spacial score (nSPS) is 11.8. The second-order valence-corrected chi connectivity index (χ2v) is 6.41. The van der Waals surface area contributed by atoms with Crippen LogP contribution >= 0.6 is 0 Å². The first-order chi connectivity index (χ1) is 12.9. The van der Waals surface area contributed by atoms with E-state index in [4.69, 9.17) is 14.2 Å². The summed E-state index contributed by atoms with van der Waals surface area (Å²) < 4.78 is 16.0. The third-order valence-corrected chi connectivity index (χ3v) is 4.67.